The van der Waals surface area contributed by atoms with Gasteiger partial charge in [-0.3, -0.25) is 4.79 Å². The Morgan fingerprint density at radius 3 is 2.17 bits per heavy atom. The molecule has 0 aliphatic rings. The normalized spacial score (nSPS) is 10.2. The average molecular weight is 350 g/mol. The SMILES string of the molecule is COc1ccc(C(=O)N(C)Cc2ccc(OC)c(OC)c2)cc1Cl. The van der Waals surface area contributed by atoms with Crippen molar-refractivity contribution >= 4 is 17.5 Å². The largest absolute Gasteiger partial charge is 0.495 e. The van der Waals surface area contributed by atoms with E-state index < -0.39 is 0 Å². The number of hydrogen-bond acceptors (Lipinski definition) is 4. The second kappa shape index (κ2) is 7.93. The van der Waals surface area contributed by atoms with Crippen molar-refractivity contribution in [2.24, 2.45) is 0 Å². The molecule has 0 saturated carbocycles. The smallest absolute Gasteiger partial charge is 0.253 e. The Morgan fingerprint density at radius 1 is 0.958 bits per heavy atom. The number of amides is 1. The Kier molecular flexibility index (Phi) is 5.93. The highest BCUT2D eigenvalue weighted by Gasteiger charge is 2.15. The highest BCUT2D eigenvalue weighted by Crippen LogP contribution is 2.28. The van der Waals surface area contributed by atoms with Crippen molar-refractivity contribution in [2.75, 3.05) is 28.4 Å². The summed E-state index contributed by atoms with van der Waals surface area (Å²) in [6, 6.07) is 10.5. The highest BCUT2D eigenvalue weighted by molar-refractivity contribution is 6.32. The van der Waals surface area contributed by atoms with Gasteiger partial charge in [0, 0.05) is 19.2 Å². The Bertz CT molecular complexity index is 733. The number of rotatable bonds is 6. The number of benzene rings is 2. The molecule has 0 spiro atoms. The van der Waals surface area contributed by atoms with Crippen LogP contribution in [-0.2, 0) is 6.54 Å². The van der Waals surface area contributed by atoms with E-state index in [9.17, 15) is 4.79 Å². The number of methoxy groups -OCH3 is 3. The fraction of sp³-hybridized carbons (Fsp3) is 0.278. The molecule has 1 amide bonds. The van der Waals surface area contributed by atoms with Gasteiger partial charge in [-0.05, 0) is 35.9 Å². The van der Waals surface area contributed by atoms with Crippen LogP contribution in [0.5, 0.6) is 17.2 Å². The van der Waals surface area contributed by atoms with Gasteiger partial charge in [0.1, 0.15) is 5.75 Å². The van der Waals surface area contributed by atoms with E-state index in [4.69, 9.17) is 25.8 Å². The highest BCUT2D eigenvalue weighted by atomic mass is 35.5. The lowest BCUT2D eigenvalue weighted by Crippen LogP contribution is -2.26. The second-order valence-corrected chi connectivity index (χ2v) is 5.61. The van der Waals surface area contributed by atoms with E-state index in [2.05, 4.69) is 0 Å². The molecule has 6 heteroatoms. The molecular weight excluding hydrogens is 330 g/mol. The van der Waals surface area contributed by atoms with Crippen molar-refractivity contribution in [1.82, 2.24) is 4.90 Å². The molecule has 0 N–H and O–H groups in total. The number of carbonyl (C=O) groups is 1. The van der Waals surface area contributed by atoms with Gasteiger partial charge in [-0.1, -0.05) is 17.7 Å². The van der Waals surface area contributed by atoms with E-state index in [-0.39, 0.29) is 5.91 Å². The lowest BCUT2D eigenvalue weighted by atomic mass is 10.1. The zero-order valence-corrected chi connectivity index (χ0v) is 14.9. The van der Waals surface area contributed by atoms with Crippen molar-refractivity contribution in [3.05, 3.63) is 52.5 Å². The van der Waals surface area contributed by atoms with Crippen LogP contribution < -0.4 is 14.2 Å². The summed E-state index contributed by atoms with van der Waals surface area (Å²) >= 11 is 6.09. The van der Waals surface area contributed by atoms with E-state index in [1.807, 2.05) is 18.2 Å². The van der Waals surface area contributed by atoms with Crippen LogP contribution in [0.15, 0.2) is 36.4 Å². The summed E-state index contributed by atoms with van der Waals surface area (Å²) in [6.07, 6.45) is 0. The first kappa shape index (κ1) is 17.9. The van der Waals surface area contributed by atoms with Crippen LogP contribution in [0.2, 0.25) is 5.02 Å². The van der Waals surface area contributed by atoms with E-state index in [1.54, 1.807) is 44.4 Å². The third-order valence-corrected chi connectivity index (χ3v) is 3.91. The summed E-state index contributed by atoms with van der Waals surface area (Å²) < 4.78 is 15.6. The van der Waals surface area contributed by atoms with Crippen LogP contribution in [0.1, 0.15) is 15.9 Å². The molecule has 128 valence electrons. The van der Waals surface area contributed by atoms with Crippen LogP contribution in [0.3, 0.4) is 0 Å². The summed E-state index contributed by atoms with van der Waals surface area (Å²) in [5, 5.41) is 0.405. The number of halogens is 1. The molecule has 0 aliphatic carbocycles. The number of carbonyl (C=O) groups excluding carboxylic acids is 1. The summed E-state index contributed by atoms with van der Waals surface area (Å²) in [5.41, 5.74) is 1.44. The predicted octanol–water partition coefficient (Wildman–Crippen LogP) is 3.64. The van der Waals surface area contributed by atoms with Gasteiger partial charge in [0.05, 0.1) is 26.4 Å². The molecule has 2 aromatic rings. The van der Waals surface area contributed by atoms with Gasteiger partial charge in [0.2, 0.25) is 0 Å². The molecule has 0 atom stereocenters. The minimum Gasteiger partial charge on any atom is -0.495 e. The van der Waals surface area contributed by atoms with Crippen molar-refractivity contribution in [1.29, 1.82) is 0 Å². The Labute approximate surface area is 146 Å². The van der Waals surface area contributed by atoms with Crippen LogP contribution >= 0.6 is 11.6 Å². The third kappa shape index (κ3) is 3.92. The summed E-state index contributed by atoms with van der Waals surface area (Å²) in [5.74, 6) is 1.69. The molecule has 0 aliphatic heterocycles. The molecular formula is C18H20ClNO4. The van der Waals surface area contributed by atoms with E-state index >= 15 is 0 Å². The number of ether oxygens (including phenoxy) is 3. The van der Waals surface area contributed by atoms with Gasteiger partial charge in [0.15, 0.2) is 11.5 Å². The fourth-order valence-electron chi connectivity index (χ4n) is 2.34. The molecule has 0 heterocycles. The lowest BCUT2D eigenvalue weighted by Gasteiger charge is -2.19. The quantitative estimate of drug-likeness (QED) is 0.799. The fourth-order valence-corrected chi connectivity index (χ4v) is 2.60. The maximum Gasteiger partial charge on any atom is 0.253 e. The molecule has 0 saturated heterocycles. The summed E-state index contributed by atoms with van der Waals surface area (Å²) in [4.78, 5) is 14.2. The monoisotopic (exact) mass is 349 g/mol. The van der Waals surface area contributed by atoms with Gasteiger partial charge >= 0.3 is 0 Å². The first-order chi connectivity index (χ1) is 11.5. The predicted molar refractivity (Wildman–Crippen MR) is 93.3 cm³/mol. The van der Waals surface area contributed by atoms with Crippen molar-refractivity contribution in [3.8, 4) is 17.2 Å². The molecule has 0 aromatic heterocycles. The first-order valence-corrected chi connectivity index (χ1v) is 7.67. The standard InChI is InChI=1S/C18H20ClNO4/c1-20(11-12-5-7-16(23-3)17(9-12)24-4)18(21)13-6-8-15(22-2)14(19)10-13/h5-10H,11H2,1-4H3. The Balaban J connectivity index is 2.15. The maximum absolute atomic E-state index is 12.5. The zero-order chi connectivity index (χ0) is 17.7. The molecule has 0 fully saturated rings. The molecule has 0 radical (unpaired) electrons. The first-order valence-electron chi connectivity index (χ1n) is 7.30. The number of nitrogens with zero attached hydrogens (tertiary/aromatic N) is 1. The molecule has 0 unspecified atom stereocenters. The van der Waals surface area contributed by atoms with Gasteiger partial charge in [-0.25, -0.2) is 0 Å². The van der Waals surface area contributed by atoms with Gasteiger partial charge in [-0.2, -0.15) is 0 Å². The molecule has 0 bridgehead atoms. The maximum atomic E-state index is 12.5. The van der Waals surface area contributed by atoms with Crippen LogP contribution in [-0.4, -0.2) is 39.2 Å². The lowest BCUT2D eigenvalue weighted by molar-refractivity contribution is 0.0785. The zero-order valence-electron chi connectivity index (χ0n) is 14.1. The van der Waals surface area contributed by atoms with Gasteiger partial charge in [-0.15, -0.1) is 0 Å². The van der Waals surface area contributed by atoms with Crippen molar-refractivity contribution in [2.45, 2.75) is 6.54 Å². The van der Waals surface area contributed by atoms with Crippen LogP contribution in [0.25, 0.3) is 0 Å². The average Bonchev–Trinajstić information content (AvgIpc) is 2.60. The van der Waals surface area contributed by atoms with Gasteiger partial charge in [0.25, 0.3) is 5.91 Å². The van der Waals surface area contributed by atoms with Crippen LogP contribution in [0.4, 0.5) is 0 Å². The van der Waals surface area contributed by atoms with Crippen molar-refractivity contribution < 1.29 is 19.0 Å². The minimum atomic E-state index is -0.130. The molecule has 24 heavy (non-hydrogen) atoms. The van der Waals surface area contributed by atoms with E-state index in [0.29, 0.717) is 34.4 Å². The number of hydrogen-bond donors (Lipinski definition) is 0. The minimum absolute atomic E-state index is 0.130. The summed E-state index contributed by atoms with van der Waals surface area (Å²) in [6.45, 7) is 0.433. The molecule has 2 rings (SSSR count). The van der Waals surface area contributed by atoms with Crippen LogP contribution in [0, 0.1) is 0 Å². The van der Waals surface area contributed by atoms with E-state index in [1.165, 1.54) is 7.11 Å². The van der Waals surface area contributed by atoms with E-state index in [0.717, 1.165) is 5.56 Å². The Hall–Kier alpha value is -2.40. The third-order valence-electron chi connectivity index (χ3n) is 3.61. The topological polar surface area (TPSA) is 48.0 Å². The van der Waals surface area contributed by atoms with Gasteiger partial charge < -0.3 is 19.1 Å². The molecule has 2 aromatic carbocycles. The van der Waals surface area contributed by atoms with Crippen molar-refractivity contribution in [3.63, 3.8) is 0 Å². The Morgan fingerprint density at radius 2 is 1.58 bits per heavy atom. The second-order valence-electron chi connectivity index (χ2n) is 5.20. The molecule has 5 nitrogen and oxygen atoms in total. The summed E-state index contributed by atoms with van der Waals surface area (Å²) in [7, 11) is 6.43.